The van der Waals surface area contributed by atoms with Crippen LogP contribution in [0.25, 0.3) is 0 Å². The Balaban J connectivity index is 1.56. The van der Waals surface area contributed by atoms with E-state index in [0.717, 1.165) is 24.8 Å². The molecule has 1 aromatic rings. The van der Waals surface area contributed by atoms with E-state index in [0.29, 0.717) is 35.6 Å². The average Bonchev–Trinajstić information content (AvgIpc) is 2.60. The number of Topliss-reactive ketones (excluding diaryl/α,β-unsaturated/α-hetero) is 1. The maximum absolute atomic E-state index is 15.5. The van der Waals surface area contributed by atoms with Crippen LogP contribution in [0.4, 0.5) is 4.39 Å². The molecule has 1 N–H and O–H groups in total. The summed E-state index contributed by atoms with van der Waals surface area (Å²) in [6.07, 6.45) is 7.71. The fourth-order valence-corrected chi connectivity index (χ4v) is 7.59. The van der Waals surface area contributed by atoms with E-state index in [1.807, 2.05) is 0 Å². The smallest absolute Gasteiger partial charge is 0.307 e. The first-order valence-corrected chi connectivity index (χ1v) is 11.0. The number of rotatable bonds is 5. The van der Waals surface area contributed by atoms with Gasteiger partial charge in [-0.15, -0.1) is 0 Å². The molecule has 5 saturated carbocycles. The van der Waals surface area contributed by atoms with Gasteiger partial charge in [-0.25, -0.2) is 4.39 Å². The molecule has 6 heteroatoms. The lowest BCUT2D eigenvalue weighted by Crippen LogP contribution is -2.49. The molecule has 2 atom stereocenters. The first kappa shape index (κ1) is 19.3. The third-order valence-electron chi connectivity index (χ3n) is 8.14. The average molecular weight is 421 g/mol. The zero-order valence-electron chi connectivity index (χ0n) is 16.5. The fourth-order valence-electron chi connectivity index (χ4n) is 7.19. The second kappa shape index (κ2) is 6.69. The van der Waals surface area contributed by atoms with Crippen LogP contribution in [0.2, 0.25) is 5.02 Å². The van der Waals surface area contributed by atoms with Gasteiger partial charge in [-0.3, -0.25) is 9.59 Å². The monoisotopic (exact) mass is 420 g/mol. The number of methoxy groups -OCH3 is 1. The number of carboxylic acid groups (broad SMARTS) is 1. The van der Waals surface area contributed by atoms with Gasteiger partial charge in [0.2, 0.25) is 0 Å². The number of carbonyl (C=O) groups is 2. The van der Waals surface area contributed by atoms with E-state index >= 15 is 4.39 Å². The molecule has 0 saturated heterocycles. The quantitative estimate of drug-likeness (QED) is 0.661. The van der Waals surface area contributed by atoms with Crippen molar-refractivity contribution < 1.29 is 23.8 Å². The van der Waals surface area contributed by atoms with Gasteiger partial charge in [-0.2, -0.15) is 0 Å². The fraction of sp³-hybridized carbons (Fsp3) is 0.652. The predicted octanol–water partition coefficient (Wildman–Crippen LogP) is 5.25. The molecular formula is C23H26ClFO4. The van der Waals surface area contributed by atoms with Crippen LogP contribution >= 0.6 is 11.6 Å². The number of hydrogen-bond donors (Lipinski definition) is 1. The highest BCUT2D eigenvalue weighted by Gasteiger charge is 2.54. The third-order valence-corrected chi connectivity index (χ3v) is 8.44. The molecule has 5 aliphatic rings. The van der Waals surface area contributed by atoms with Gasteiger partial charge >= 0.3 is 5.97 Å². The van der Waals surface area contributed by atoms with Crippen molar-refractivity contribution in [2.75, 3.05) is 7.11 Å². The van der Waals surface area contributed by atoms with Crippen molar-refractivity contribution >= 4 is 23.4 Å². The van der Waals surface area contributed by atoms with E-state index in [1.54, 1.807) is 0 Å². The first-order chi connectivity index (χ1) is 13.8. The molecule has 5 fully saturated rings. The minimum atomic E-state index is -1.00. The van der Waals surface area contributed by atoms with Gasteiger partial charge in [0.05, 0.1) is 18.6 Å². The topological polar surface area (TPSA) is 63.6 Å². The molecule has 1 aromatic carbocycles. The molecule has 0 aliphatic heterocycles. The number of aliphatic carboxylic acids is 1. The summed E-state index contributed by atoms with van der Waals surface area (Å²) in [5, 5.41) is 9.66. The zero-order chi connectivity index (χ0) is 20.5. The lowest BCUT2D eigenvalue weighted by atomic mass is 9.48. The molecule has 0 spiro atoms. The highest BCUT2D eigenvalue weighted by atomic mass is 35.5. The van der Waals surface area contributed by atoms with Gasteiger partial charge in [0.1, 0.15) is 0 Å². The molecule has 29 heavy (non-hydrogen) atoms. The van der Waals surface area contributed by atoms with Crippen LogP contribution in [0.1, 0.15) is 67.3 Å². The summed E-state index contributed by atoms with van der Waals surface area (Å²) in [6.45, 7) is 0. The van der Waals surface area contributed by atoms with E-state index in [4.69, 9.17) is 16.3 Å². The maximum Gasteiger partial charge on any atom is 0.307 e. The highest BCUT2D eigenvalue weighted by Crippen LogP contribution is 2.63. The molecule has 0 aromatic heterocycles. The molecule has 0 heterocycles. The van der Waals surface area contributed by atoms with Gasteiger partial charge in [-0.05, 0) is 75.2 Å². The molecular weight excluding hydrogens is 395 g/mol. The van der Waals surface area contributed by atoms with Crippen molar-refractivity contribution in [1.82, 2.24) is 0 Å². The second-order valence-corrected chi connectivity index (χ2v) is 10.2. The van der Waals surface area contributed by atoms with Gasteiger partial charge in [0.25, 0.3) is 0 Å². The van der Waals surface area contributed by atoms with Gasteiger partial charge < -0.3 is 9.84 Å². The Bertz CT molecular complexity index is 860. The number of hydrogen-bond acceptors (Lipinski definition) is 3. The lowest BCUT2D eigenvalue weighted by Gasteiger charge is -2.57. The van der Waals surface area contributed by atoms with Crippen LogP contribution in [0.3, 0.4) is 0 Å². The van der Waals surface area contributed by atoms with Crippen LogP contribution in [-0.2, 0) is 10.2 Å². The standard InChI is InChI=1S/C23H26ClFO4/c1-29-21-18(23-8-11-4-12(9-23)6-13(5-11)10-23)17(24)7-16(19(21)25)20(26)14-2-3-15(14)22(27)28/h7,11-15H,2-6,8-10H2,1H3,(H,27,28). The molecule has 5 aliphatic carbocycles. The van der Waals surface area contributed by atoms with Gasteiger partial charge in [0.15, 0.2) is 17.3 Å². The minimum absolute atomic E-state index is 0.0917. The van der Waals surface area contributed by atoms with E-state index in [1.165, 1.54) is 32.4 Å². The normalized spacial score (nSPS) is 37.3. The van der Waals surface area contributed by atoms with Crippen molar-refractivity contribution in [3.63, 3.8) is 0 Å². The minimum Gasteiger partial charge on any atom is -0.493 e. The Morgan fingerprint density at radius 3 is 2.10 bits per heavy atom. The number of carboxylic acids is 1. The molecule has 156 valence electrons. The van der Waals surface area contributed by atoms with E-state index < -0.39 is 29.4 Å². The SMILES string of the molecule is COc1c(F)c(C(=O)C2CCC2C(=O)O)cc(Cl)c1C12CC3CC(CC(C3)C1)C2. The summed E-state index contributed by atoms with van der Waals surface area (Å²) in [6, 6.07) is 1.44. The van der Waals surface area contributed by atoms with Crippen LogP contribution in [0.15, 0.2) is 6.07 Å². The largest absolute Gasteiger partial charge is 0.493 e. The second-order valence-electron chi connectivity index (χ2n) is 9.82. The van der Waals surface area contributed by atoms with Crippen LogP contribution in [0, 0.1) is 35.4 Å². The van der Waals surface area contributed by atoms with E-state index in [-0.39, 0.29) is 16.7 Å². The Kier molecular flexibility index (Phi) is 4.47. The molecule has 2 unspecified atom stereocenters. The summed E-state index contributed by atoms with van der Waals surface area (Å²) in [5.41, 5.74) is 0.439. The molecule has 6 rings (SSSR count). The Morgan fingerprint density at radius 2 is 1.66 bits per heavy atom. The Morgan fingerprint density at radius 1 is 1.10 bits per heavy atom. The van der Waals surface area contributed by atoms with Crippen LogP contribution < -0.4 is 4.74 Å². The number of carbonyl (C=O) groups excluding carboxylic acids is 1. The molecule has 4 nitrogen and oxygen atoms in total. The van der Waals surface area contributed by atoms with Crippen molar-refractivity contribution in [2.45, 2.75) is 56.8 Å². The predicted molar refractivity (Wildman–Crippen MR) is 106 cm³/mol. The highest BCUT2D eigenvalue weighted by molar-refractivity contribution is 6.32. The molecule has 0 radical (unpaired) electrons. The summed E-state index contributed by atoms with van der Waals surface area (Å²) in [4.78, 5) is 24.2. The van der Waals surface area contributed by atoms with E-state index in [9.17, 15) is 14.7 Å². The number of ether oxygens (including phenoxy) is 1. The third kappa shape index (κ3) is 2.83. The van der Waals surface area contributed by atoms with Crippen molar-refractivity contribution in [1.29, 1.82) is 0 Å². The molecule has 0 amide bonds. The summed E-state index contributed by atoms with van der Waals surface area (Å²) >= 11 is 6.71. The Hall–Kier alpha value is -1.62. The first-order valence-electron chi connectivity index (χ1n) is 10.7. The van der Waals surface area contributed by atoms with Crippen LogP contribution in [0.5, 0.6) is 5.75 Å². The van der Waals surface area contributed by atoms with Gasteiger partial charge in [-0.1, -0.05) is 11.6 Å². The summed E-state index contributed by atoms with van der Waals surface area (Å²) in [5.74, 6) is -1.50. The number of benzene rings is 1. The van der Waals surface area contributed by atoms with Crippen molar-refractivity contribution in [3.05, 3.63) is 28.0 Å². The van der Waals surface area contributed by atoms with E-state index in [2.05, 4.69) is 0 Å². The zero-order valence-corrected chi connectivity index (χ0v) is 17.3. The maximum atomic E-state index is 15.5. The lowest BCUT2D eigenvalue weighted by molar-refractivity contribution is -0.146. The van der Waals surface area contributed by atoms with Crippen LogP contribution in [-0.4, -0.2) is 24.0 Å². The number of halogens is 2. The Labute approximate surface area is 174 Å². The van der Waals surface area contributed by atoms with Crippen molar-refractivity contribution in [2.24, 2.45) is 29.6 Å². The number of ketones is 1. The summed E-state index contributed by atoms with van der Waals surface area (Å²) in [7, 11) is 1.43. The summed E-state index contributed by atoms with van der Waals surface area (Å²) < 4.78 is 21.1. The van der Waals surface area contributed by atoms with Crippen molar-refractivity contribution in [3.8, 4) is 5.75 Å². The van der Waals surface area contributed by atoms with Gasteiger partial charge in [0, 0.05) is 21.9 Å². The molecule has 4 bridgehead atoms.